The van der Waals surface area contributed by atoms with Crippen molar-refractivity contribution in [3.8, 4) is 11.5 Å². The minimum Gasteiger partial charge on any atom is -0.457 e. The van der Waals surface area contributed by atoms with E-state index in [0.717, 1.165) is 0 Å². The summed E-state index contributed by atoms with van der Waals surface area (Å²) in [6.07, 6.45) is 1.49. The van der Waals surface area contributed by atoms with Gasteiger partial charge in [0, 0.05) is 5.02 Å². The molecule has 3 aromatic carbocycles. The molecular weight excluding hydrogens is 420 g/mol. The normalized spacial score (nSPS) is 15.3. The van der Waals surface area contributed by atoms with E-state index in [-0.39, 0.29) is 10.7 Å². The lowest BCUT2D eigenvalue weighted by molar-refractivity contribution is -0.122. The van der Waals surface area contributed by atoms with Crippen LogP contribution in [0.1, 0.15) is 5.56 Å². The summed E-state index contributed by atoms with van der Waals surface area (Å²) in [7, 11) is 0. The number of hydrogen-bond donors (Lipinski definition) is 1. The molecule has 0 spiro atoms. The number of hydrogen-bond acceptors (Lipinski definition) is 4. The molecule has 1 fully saturated rings. The Morgan fingerprint density at radius 3 is 2.30 bits per heavy atom. The molecule has 0 aliphatic carbocycles. The molecule has 7 heteroatoms. The van der Waals surface area contributed by atoms with E-state index in [1.165, 1.54) is 11.0 Å². The highest BCUT2D eigenvalue weighted by molar-refractivity contribution is 7.80. The number of carbonyl (C=O) groups is 2. The summed E-state index contributed by atoms with van der Waals surface area (Å²) in [6, 6.07) is 23.1. The van der Waals surface area contributed by atoms with Crippen LogP contribution in [0, 0.1) is 0 Å². The molecule has 2 amide bonds. The number of carbonyl (C=O) groups excluding carboxylic acids is 2. The van der Waals surface area contributed by atoms with Crippen LogP contribution in [-0.2, 0) is 9.59 Å². The average molecular weight is 435 g/mol. The number of nitrogens with one attached hydrogen (secondary N) is 1. The zero-order valence-electron chi connectivity index (χ0n) is 15.5. The van der Waals surface area contributed by atoms with E-state index in [2.05, 4.69) is 5.32 Å². The maximum atomic E-state index is 13.1. The number of halogens is 1. The van der Waals surface area contributed by atoms with Gasteiger partial charge in [0.05, 0.1) is 5.69 Å². The largest absolute Gasteiger partial charge is 0.457 e. The van der Waals surface area contributed by atoms with Crippen LogP contribution in [0.3, 0.4) is 0 Å². The maximum absolute atomic E-state index is 13.1. The quantitative estimate of drug-likeness (QED) is 0.358. The van der Waals surface area contributed by atoms with E-state index in [1.807, 2.05) is 30.3 Å². The van der Waals surface area contributed by atoms with Crippen LogP contribution in [-0.4, -0.2) is 16.9 Å². The van der Waals surface area contributed by atoms with Crippen molar-refractivity contribution in [2.24, 2.45) is 0 Å². The Bertz CT molecular complexity index is 1160. The van der Waals surface area contributed by atoms with Gasteiger partial charge in [0.1, 0.15) is 17.1 Å². The van der Waals surface area contributed by atoms with Crippen molar-refractivity contribution in [1.29, 1.82) is 0 Å². The third kappa shape index (κ3) is 4.25. The van der Waals surface area contributed by atoms with Crippen LogP contribution in [0.2, 0.25) is 5.02 Å². The van der Waals surface area contributed by atoms with E-state index in [4.69, 9.17) is 28.6 Å². The van der Waals surface area contributed by atoms with Gasteiger partial charge in [0.15, 0.2) is 5.11 Å². The maximum Gasteiger partial charge on any atom is 0.270 e. The Hall–Kier alpha value is -3.48. The fourth-order valence-corrected chi connectivity index (χ4v) is 3.42. The standard InChI is InChI=1S/C23H15ClN2O3S/c24-16-6-4-5-15(13-16)14-20-21(27)25-23(30)26(22(20)28)17-9-11-19(12-10-17)29-18-7-2-1-3-8-18/h1-14H,(H,25,27,30)/b20-14+. The first-order valence-electron chi connectivity index (χ1n) is 9.01. The van der Waals surface area contributed by atoms with Gasteiger partial charge in [-0.3, -0.25) is 19.8 Å². The number of anilines is 1. The summed E-state index contributed by atoms with van der Waals surface area (Å²) >= 11 is 11.2. The second kappa shape index (κ2) is 8.49. The van der Waals surface area contributed by atoms with Gasteiger partial charge in [-0.05, 0) is 72.4 Å². The second-order valence-corrected chi connectivity index (χ2v) is 7.25. The molecule has 0 unspecified atom stereocenters. The number of benzene rings is 3. The molecule has 0 atom stereocenters. The lowest BCUT2D eigenvalue weighted by Crippen LogP contribution is -2.54. The third-order valence-corrected chi connectivity index (χ3v) is 4.85. The SMILES string of the molecule is O=C1NC(=S)N(c2ccc(Oc3ccccc3)cc2)C(=O)/C1=C/c1cccc(Cl)c1. The van der Waals surface area contributed by atoms with Gasteiger partial charge >= 0.3 is 0 Å². The highest BCUT2D eigenvalue weighted by atomic mass is 35.5. The molecule has 4 rings (SSSR count). The molecule has 0 saturated carbocycles. The Morgan fingerprint density at radius 2 is 1.60 bits per heavy atom. The Morgan fingerprint density at radius 1 is 0.900 bits per heavy atom. The van der Waals surface area contributed by atoms with E-state index in [1.54, 1.807) is 48.5 Å². The monoisotopic (exact) mass is 434 g/mol. The van der Waals surface area contributed by atoms with E-state index < -0.39 is 11.8 Å². The summed E-state index contributed by atoms with van der Waals surface area (Å²) in [5.74, 6) is 0.249. The number of para-hydroxylation sites is 1. The fraction of sp³-hybridized carbons (Fsp3) is 0. The predicted molar refractivity (Wildman–Crippen MR) is 121 cm³/mol. The van der Waals surface area contributed by atoms with Crippen molar-refractivity contribution < 1.29 is 14.3 Å². The molecule has 30 heavy (non-hydrogen) atoms. The number of thiocarbonyl (C=S) groups is 1. The molecule has 1 heterocycles. The van der Waals surface area contributed by atoms with Crippen LogP contribution in [0.15, 0.2) is 84.4 Å². The highest BCUT2D eigenvalue weighted by Gasteiger charge is 2.34. The first-order chi connectivity index (χ1) is 14.5. The summed E-state index contributed by atoms with van der Waals surface area (Å²) in [5, 5.41) is 3.09. The first-order valence-corrected chi connectivity index (χ1v) is 9.80. The van der Waals surface area contributed by atoms with E-state index in [0.29, 0.717) is 27.8 Å². The first kappa shape index (κ1) is 19.8. The van der Waals surface area contributed by atoms with Gasteiger partial charge < -0.3 is 4.74 Å². The molecule has 1 aliphatic heterocycles. The fourth-order valence-electron chi connectivity index (χ4n) is 2.94. The lowest BCUT2D eigenvalue weighted by atomic mass is 10.1. The topological polar surface area (TPSA) is 58.6 Å². The molecular formula is C23H15ClN2O3S. The van der Waals surface area contributed by atoms with Crippen LogP contribution in [0.5, 0.6) is 11.5 Å². The summed E-state index contributed by atoms with van der Waals surface area (Å²) in [5.41, 5.74) is 1.12. The smallest absolute Gasteiger partial charge is 0.270 e. The number of nitrogens with zero attached hydrogens (tertiary/aromatic N) is 1. The zero-order valence-corrected chi connectivity index (χ0v) is 17.1. The van der Waals surface area contributed by atoms with E-state index >= 15 is 0 Å². The molecule has 0 radical (unpaired) electrons. The molecule has 0 aromatic heterocycles. The van der Waals surface area contributed by atoms with Crippen molar-refractivity contribution in [3.63, 3.8) is 0 Å². The highest BCUT2D eigenvalue weighted by Crippen LogP contribution is 2.27. The Labute approximate surface area is 183 Å². The van der Waals surface area contributed by atoms with Crippen LogP contribution in [0.4, 0.5) is 5.69 Å². The molecule has 1 saturated heterocycles. The molecule has 148 valence electrons. The molecule has 0 bridgehead atoms. The summed E-state index contributed by atoms with van der Waals surface area (Å²) in [6.45, 7) is 0. The third-order valence-electron chi connectivity index (χ3n) is 4.34. The summed E-state index contributed by atoms with van der Waals surface area (Å²) < 4.78 is 5.77. The lowest BCUT2D eigenvalue weighted by Gasteiger charge is -2.29. The molecule has 3 aromatic rings. The van der Waals surface area contributed by atoms with Gasteiger partial charge in [-0.25, -0.2) is 0 Å². The second-order valence-electron chi connectivity index (χ2n) is 6.42. The minimum absolute atomic E-state index is 0.0185. The van der Waals surface area contributed by atoms with Crippen LogP contribution >= 0.6 is 23.8 Å². The Balaban J connectivity index is 1.60. The number of ether oxygens (including phenoxy) is 1. The van der Waals surface area contributed by atoms with Crippen molar-refractivity contribution in [3.05, 3.63) is 95.0 Å². The van der Waals surface area contributed by atoms with Gasteiger partial charge in [-0.1, -0.05) is 41.9 Å². The van der Waals surface area contributed by atoms with Gasteiger partial charge in [0.25, 0.3) is 11.8 Å². The van der Waals surface area contributed by atoms with Crippen molar-refractivity contribution in [2.75, 3.05) is 4.90 Å². The minimum atomic E-state index is -0.551. The summed E-state index contributed by atoms with van der Waals surface area (Å²) in [4.78, 5) is 26.7. The van der Waals surface area contributed by atoms with Gasteiger partial charge in [-0.2, -0.15) is 0 Å². The average Bonchev–Trinajstić information content (AvgIpc) is 2.73. The zero-order chi connectivity index (χ0) is 21.1. The molecule has 5 nitrogen and oxygen atoms in total. The Kier molecular flexibility index (Phi) is 5.61. The number of rotatable bonds is 4. The van der Waals surface area contributed by atoms with Crippen molar-refractivity contribution >= 4 is 52.5 Å². The van der Waals surface area contributed by atoms with Gasteiger partial charge in [0.2, 0.25) is 0 Å². The van der Waals surface area contributed by atoms with Crippen LogP contribution < -0.4 is 15.0 Å². The van der Waals surface area contributed by atoms with Crippen molar-refractivity contribution in [2.45, 2.75) is 0 Å². The molecule has 1 N–H and O–H groups in total. The van der Waals surface area contributed by atoms with Crippen molar-refractivity contribution in [1.82, 2.24) is 5.32 Å². The van der Waals surface area contributed by atoms with Gasteiger partial charge in [-0.15, -0.1) is 0 Å². The van der Waals surface area contributed by atoms with E-state index in [9.17, 15) is 9.59 Å². The molecule has 1 aliphatic rings. The predicted octanol–water partition coefficient (Wildman–Crippen LogP) is 4.96. The number of amides is 2. The van der Waals surface area contributed by atoms with Crippen LogP contribution in [0.25, 0.3) is 6.08 Å².